The van der Waals surface area contributed by atoms with Gasteiger partial charge in [0, 0.05) is 18.0 Å². The van der Waals surface area contributed by atoms with Gasteiger partial charge in [-0.15, -0.1) is 0 Å². The maximum absolute atomic E-state index is 4.74. The molecule has 2 aromatic rings. The average molecular weight is 413 g/mol. The smallest absolute Gasteiger partial charge is 0.131 e. The van der Waals surface area contributed by atoms with Crippen molar-refractivity contribution in [3.8, 4) is 0 Å². The summed E-state index contributed by atoms with van der Waals surface area (Å²) in [5.74, 6) is 0.736. The van der Waals surface area contributed by atoms with E-state index in [9.17, 15) is 0 Å². The zero-order valence-electron chi connectivity index (χ0n) is 14.2. The minimum atomic E-state index is 0.649. The maximum Gasteiger partial charge on any atom is 0.131 e. The summed E-state index contributed by atoms with van der Waals surface area (Å²) in [5.41, 5.74) is 1.26. The van der Waals surface area contributed by atoms with Gasteiger partial charge in [-0.25, -0.2) is 0 Å². The molecule has 0 fully saturated rings. The van der Waals surface area contributed by atoms with Gasteiger partial charge in [-0.1, -0.05) is 45.9 Å². The van der Waals surface area contributed by atoms with E-state index >= 15 is 0 Å². The van der Waals surface area contributed by atoms with Gasteiger partial charge in [-0.3, -0.25) is 4.68 Å². The van der Waals surface area contributed by atoms with Crippen molar-refractivity contribution in [1.82, 2.24) is 14.7 Å². The summed E-state index contributed by atoms with van der Waals surface area (Å²) in [7, 11) is 0. The van der Waals surface area contributed by atoms with Crippen LogP contribution in [0.25, 0.3) is 10.9 Å². The lowest BCUT2D eigenvalue weighted by molar-refractivity contribution is 0.174. The number of aryl methyl sites for hydroxylation is 1. The summed E-state index contributed by atoms with van der Waals surface area (Å²) in [4.78, 5) is 2.59. The molecule has 0 saturated carbocycles. The first-order valence-corrected chi connectivity index (χ1v) is 9.49. The van der Waals surface area contributed by atoms with Gasteiger partial charge in [0.1, 0.15) is 3.70 Å². The monoisotopic (exact) mass is 413 g/mol. The van der Waals surface area contributed by atoms with Crippen LogP contribution in [0.2, 0.25) is 0 Å². The van der Waals surface area contributed by atoms with Gasteiger partial charge in [0.05, 0.1) is 5.52 Å². The molecule has 0 N–H and O–H groups in total. The molecule has 1 aromatic heterocycles. The summed E-state index contributed by atoms with van der Waals surface area (Å²) >= 11 is 2.34. The normalized spacial score (nSPS) is 13.4. The number of halogens is 1. The number of para-hydroxylation sites is 1. The molecule has 1 unspecified atom stereocenters. The Hall–Kier alpha value is -0.620. The highest BCUT2D eigenvalue weighted by molar-refractivity contribution is 14.1. The molecule has 4 heteroatoms. The first-order chi connectivity index (χ1) is 10.6. The molecule has 0 amide bonds. The fourth-order valence-electron chi connectivity index (χ4n) is 3.26. The standard InChI is InChI=1S/C18H28IN3/c1-5-21(6-2)15(13-14(3)4)11-12-22-17-10-8-7-9-16(17)18(19)20-22/h7-10,14-15H,5-6,11-13H2,1-4H3. The van der Waals surface area contributed by atoms with Gasteiger partial charge in [0.25, 0.3) is 0 Å². The second kappa shape index (κ2) is 8.29. The Morgan fingerprint density at radius 1 is 1.18 bits per heavy atom. The van der Waals surface area contributed by atoms with Gasteiger partial charge >= 0.3 is 0 Å². The van der Waals surface area contributed by atoms with Crippen molar-refractivity contribution in [1.29, 1.82) is 0 Å². The Morgan fingerprint density at radius 2 is 1.86 bits per heavy atom. The summed E-state index contributed by atoms with van der Waals surface area (Å²) in [6.45, 7) is 12.4. The largest absolute Gasteiger partial charge is 0.301 e. The minimum absolute atomic E-state index is 0.649. The number of nitrogens with zero attached hydrogens (tertiary/aromatic N) is 3. The molecule has 0 radical (unpaired) electrons. The lowest BCUT2D eigenvalue weighted by Gasteiger charge is -2.31. The van der Waals surface area contributed by atoms with Gasteiger partial charge in [-0.2, -0.15) is 5.10 Å². The third kappa shape index (κ3) is 4.22. The van der Waals surface area contributed by atoms with Gasteiger partial charge in [-0.05, 0) is 60.5 Å². The van der Waals surface area contributed by atoms with Gasteiger partial charge in [0.2, 0.25) is 0 Å². The summed E-state index contributed by atoms with van der Waals surface area (Å²) < 4.78 is 3.30. The van der Waals surface area contributed by atoms with Crippen LogP contribution in [-0.4, -0.2) is 33.8 Å². The van der Waals surface area contributed by atoms with Crippen molar-refractivity contribution >= 4 is 33.5 Å². The number of hydrogen-bond acceptors (Lipinski definition) is 2. The Balaban J connectivity index is 2.13. The molecule has 1 aromatic carbocycles. The molecule has 0 bridgehead atoms. The molecule has 0 aliphatic heterocycles. The highest BCUT2D eigenvalue weighted by Crippen LogP contribution is 2.22. The molecular formula is C18H28IN3. The SMILES string of the molecule is CCN(CC)C(CCn1nc(I)c2ccccc21)CC(C)C. The fraction of sp³-hybridized carbons (Fsp3) is 0.611. The number of hydrogen-bond donors (Lipinski definition) is 0. The van der Waals surface area contributed by atoms with Crippen molar-refractivity contribution in [3.63, 3.8) is 0 Å². The predicted octanol–water partition coefficient (Wildman–Crippen LogP) is 4.79. The van der Waals surface area contributed by atoms with Crippen LogP contribution >= 0.6 is 22.6 Å². The Labute approximate surface area is 148 Å². The molecule has 22 heavy (non-hydrogen) atoms. The second-order valence-corrected chi connectivity index (χ2v) is 7.35. The van der Waals surface area contributed by atoms with Crippen molar-refractivity contribution in [2.75, 3.05) is 13.1 Å². The molecular weight excluding hydrogens is 385 g/mol. The quantitative estimate of drug-likeness (QED) is 0.581. The van der Waals surface area contributed by atoms with Crippen molar-refractivity contribution < 1.29 is 0 Å². The van der Waals surface area contributed by atoms with Crippen molar-refractivity contribution in [2.24, 2.45) is 5.92 Å². The van der Waals surface area contributed by atoms with E-state index in [1.807, 2.05) is 0 Å². The van der Waals surface area contributed by atoms with E-state index in [1.54, 1.807) is 0 Å². The van der Waals surface area contributed by atoms with Crippen LogP contribution < -0.4 is 0 Å². The van der Waals surface area contributed by atoms with Crippen molar-refractivity contribution in [2.45, 2.75) is 53.1 Å². The van der Waals surface area contributed by atoms with Gasteiger partial charge < -0.3 is 4.90 Å². The van der Waals surface area contributed by atoms with Crippen LogP contribution in [-0.2, 0) is 6.54 Å². The fourth-order valence-corrected chi connectivity index (χ4v) is 3.98. The topological polar surface area (TPSA) is 21.1 Å². The van der Waals surface area contributed by atoms with E-state index in [0.29, 0.717) is 6.04 Å². The predicted molar refractivity (Wildman–Crippen MR) is 103 cm³/mol. The van der Waals surface area contributed by atoms with Gasteiger partial charge in [0.15, 0.2) is 0 Å². The van der Waals surface area contributed by atoms with Crippen LogP contribution in [0.15, 0.2) is 24.3 Å². The van der Waals surface area contributed by atoms with E-state index in [-0.39, 0.29) is 0 Å². The van der Waals surface area contributed by atoms with Crippen LogP contribution in [0, 0.1) is 9.62 Å². The first-order valence-electron chi connectivity index (χ1n) is 8.41. The Morgan fingerprint density at radius 3 is 2.50 bits per heavy atom. The van der Waals surface area contributed by atoms with Crippen LogP contribution in [0.4, 0.5) is 0 Å². The molecule has 122 valence electrons. The minimum Gasteiger partial charge on any atom is -0.301 e. The Kier molecular flexibility index (Phi) is 6.68. The van der Waals surface area contributed by atoms with Crippen LogP contribution in [0.1, 0.15) is 40.5 Å². The van der Waals surface area contributed by atoms with E-state index in [0.717, 1.165) is 29.3 Å². The molecule has 2 rings (SSSR count). The average Bonchev–Trinajstić information content (AvgIpc) is 2.82. The number of fused-ring (bicyclic) bond motifs is 1. The molecule has 0 saturated heterocycles. The van der Waals surface area contributed by atoms with E-state index < -0.39 is 0 Å². The molecule has 0 aliphatic rings. The van der Waals surface area contributed by atoms with Crippen LogP contribution in [0.3, 0.4) is 0 Å². The summed E-state index contributed by atoms with van der Waals surface area (Å²) in [6.07, 6.45) is 2.43. The Bertz CT molecular complexity index is 587. The lowest BCUT2D eigenvalue weighted by Crippen LogP contribution is -2.36. The molecule has 3 nitrogen and oxygen atoms in total. The van der Waals surface area contributed by atoms with E-state index in [4.69, 9.17) is 5.10 Å². The zero-order chi connectivity index (χ0) is 16.1. The van der Waals surface area contributed by atoms with E-state index in [2.05, 4.69) is 84.1 Å². The third-order valence-corrected chi connectivity index (χ3v) is 5.16. The zero-order valence-corrected chi connectivity index (χ0v) is 16.4. The molecule has 0 aliphatic carbocycles. The summed E-state index contributed by atoms with van der Waals surface area (Å²) in [6, 6.07) is 9.19. The number of aromatic nitrogens is 2. The van der Waals surface area contributed by atoms with Crippen molar-refractivity contribution in [3.05, 3.63) is 28.0 Å². The third-order valence-electron chi connectivity index (χ3n) is 4.36. The highest BCUT2D eigenvalue weighted by atomic mass is 127. The molecule has 1 atom stereocenters. The molecule has 0 spiro atoms. The summed E-state index contributed by atoms with van der Waals surface area (Å²) in [5, 5.41) is 6.01. The first kappa shape index (κ1) is 17.7. The second-order valence-electron chi connectivity index (χ2n) is 6.32. The maximum atomic E-state index is 4.74. The lowest BCUT2D eigenvalue weighted by atomic mass is 9.99. The number of rotatable bonds is 8. The number of benzene rings is 1. The molecule has 1 heterocycles. The van der Waals surface area contributed by atoms with E-state index in [1.165, 1.54) is 23.7 Å². The highest BCUT2D eigenvalue weighted by Gasteiger charge is 2.18. The van der Waals surface area contributed by atoms with Crippen LogP contribution in [0.5, 0.6) is 0 Å².